The average molecular weight is 627 g/mol. The van der Waals surface area contributed by atoms with E-state index in [4.69, 9.17) is 14.4 Å². The second-order valence-electron chi connectivity index (χ2n) is 12.1. The molecule has 0 radical (unpaired) electrons. The molecule has 6 aromatic carbocycles. The maximum Gasteiger partial charge on any atom is 0.135 e. The van der Waals surface area contributed by atoms with E-state index < -0.39 is 7.14 Å². The van der Waals surface area contributed by atoms with Crippen molar-refractivity contribution in [2.24, 2.45) is 0 Å². The van der Waals surface area contributed by atoms with Crippen LogP contribution in [0.25, 0.3) is 78.1 Å². The summed E-state index contributed by atoms with van der Waals surface area (Å²) < 4.78 is 18.9. The van der Waals surface area contributed by atoms with Crippen molar-refractivity contribution >= 4 is 34.4 Å². The smallest absolute Gasteiger partial charge is 0.135 e. The normalized spacial score (nSPS) is 11.7. The summed E-state index contributed by atoms with van der Waals surface area (Å²) in [6.45, 7) is 3.62. The van der Waals surface area contributed by atoms with E-state index in [0.717, 1.165) is 83.4 Å². The predicted octanol–water partition coefficient (Wildman–Crippen LogP) is 11.0. The largest absolute Gasteiger partial charge is 0.456 e. The molecule has 0 bridgehead atoms. The number of nitrogens with zero attached hydrogens (tertiary/aromatic N) is 2. The van der Waals surface area contributed by atoms with Gasteiger partial charge in [-0.15, -0.1) is 0 Å². The lowest BCUT2D eigenvalue weighted by Gasteiger charge is -2.16. The molecule has 0 saturated heterocycles. The molecule has 47 heavy (non-hydrogen) atoms. The Labute approximate surface area is 273 Å². The molecule has 0 N–H and O–H groups in total. The molecule has 0 unspecified atom stereocenters. The van der Waals surface area contributed by atoms with Gasteiger partial charge in [0.25, 0.3) is 0 Å². The minimum atomic E-state index is -2.38. The third-order valence-electron chi connectivity index (χ3n) is 8.60. The van der Waals surface area contributed by atoms with Crippen molar-refractivity contribution in [3.05, 3.63) is 152 Å². The van der Waals surface area contributed by atoms with Crippen molar-refractivity contribution < 1.29 is 8.98 Å². The zero-order valence-corrected chi connectivity index (χ0v) is 27.0. The van der Waals surface area contributed by atoms with Crippen molar-refractivity contribution in [1.82, 2.24) is 9.97 Å². The first-order chi connectivity index (χ1) is 22.9. The van der Waals surface area contributed by atoms with E-state index in [1.165, 1.54) is 0 Å². The highest BCUT2D eigenvalue weighted by Crippen LogP contribution is 2.40. The van der Waals surface area contributed by atoms with Crippen molar-refractivity contribution in [3.63, 3.8) is 0 Å². The molecule has 5 heteroatoms. The Hall–Kier alpha value is -5.57. The fourth-order valence-electron chi connectivity index (χ4n) is 6.15. The van der Waals surface area contributed by atoms with Crippen LogP contribution >= 0.6 is 7.14 Å². The van der Waals surface area contributed by atoms with E-state index >= 15 is 0 Å². The zero-order valence-electron chi connectivity index (χ0n) is 26.1. The van der Waals surface area contributed by atoms with Gasteiger partial charge in [0.1, 0.15) is 18.3 Å². The van der Waals surface area contributed by atoms with Crippen LogP contribution in [-0.4, -0.2) is 23.3 Å². The fraction of sp³-hybridized carbons (Fsp3) is 0.0476. The SMILES string of the molecule is CP(C)(=O)c1cccc(-c2ccc(-c3nc(-c4ccc5oc6ccccc6c5c4)c(-c4ccccc4)nc3-c3ccccc3)cc2)c1. The second kappa shape index (κ2) is 11.7. The number of para-hydroxylation sites is 1. The summed E-state index contributed by atoms with van der Waals surface area (Å²) >= 11 is 0. The molecule has 8 rings (SSSR count). The van der Waals surface area contributed by atoms with Gasteiger partial charge < -0.3 is 8.98 Å². The van der Waals surface area contributed by atoms with Crippen molar-refractivity contribution in [3.8, 4) is 56.2 Å². The molecule has 0 aliphatic heterocycles. The van der Waals surface area contributed by atoms with Gasteiger partial charge in [-0.25, -0.2) is 9.97 Å². The van der Waals surface area contributed by atoms with E-state index in [9.17, 15) is 4.57 Å². The third-order valence-corrected chi connectivity index (χ3v) is 10.1. The molecule has 226 valence electrons. The number of fused-ring (bicyclic) bond motifs is 3. The molecule has 4 nitrogen and oxygen atoms in total. The lowest BCUT2D eigenvalue weighted by atomic mass is 9.97. The van der Waals surface area contributed by atoms with Crippen LogP contribution in [0.2, 0.25) is 0 Å². The number of aromatic nitrogens is 2. The van der Waals surface area contributed by atoms with Crippen LogP contribution in [0.5, 0.6) is 0 Å². The highest BCUT2D eigenvalue weighted by Gasteiger charge is 2.21. The Morgan fingerprint density at radius 3 is 1.55 bits per heavy atom. The Kier molecular flexibility index (Phi) is 7.16. The summed E-state index contributed by atoms with van der Waals surface area (Å²) in [4.78, 5) is 10.9. The van der Waals surface area contributed by atoms with Crippen LogP contribution in [0.1, 0.15) is 0 Å². The monoisotopic (exact) mass is 626 g/mol. The van der Waals surface area contributed by atoms with Gasteiger partial charge in [-0.05, 0) is 54.8 Å². The molecular weight excluding hydrogens is 595 g/mol. The molecule has 0 aliphatic rings. The van der Waals surface area contributed by atoms with Crippen molar-refractivity contribution in [1.29, 1.82) is 0 Å². The van der Waals surface area contributed by atoms with Crippen molar-refractivity contribution in [2.75, 3.05) is 13.3 Å². The van der Waals surface area contributed by atoms with Crippen LogP contribution in [0, 0.1) is 0 Å². The van der Waals surface area contributed by atoms with E-state index in [2.05, 4.69) is 72.8 Å². The van der Waals surface area contributed by atoms with Gasteiger partial charge in [0, 0.05) is 38.3 Å². The Morgan fingerprint density at radius 2 is 0.915 bits per heavy atom. The Morgan fingerprint density at radius 1 is 0.426 bits per heavy atom. The highest BCUT2D eigenvalue weighted by molar-refractivity contribution is 7.70. The number of hydrogen-bond acceptors (Lipinski definition) is 4. The third kappa shape index (κ3) is 5.48. The molecule has 0 aliphatic carbocycles. The predicted molar refractivity (Wildman–Crippen MR) is 196 cm³/mol. The lowest BCUT2D eigenvalue weighted by Crippen LogP contribution is -2.02. The average Bonchev–Trinajstić information content (AvgIpc) is 3.50. The van der Waals surface area contributed by atoms with Crippen LogP contribution in [-0.2, 0) is 4.57 Å². The van der Waals surface area contributed by atoms with Gasteiger partial charge in [-0.3, -0.25) is 0 Å². The van der Waals surface area contributed by atoms with E-state index in [1.54, 1.807) is 0 Å². The number of rotatable bonds is 6. The summed E-state index contributed by atoms with van der Waals surface area (Å²) in [6, 6.07) is 51.3. The summed E-state index contributed by atoms with van der Waals surface area (Å²) in [6.07, 6.45) is 0. The van der Waals surface area contributed by atoms with Gasteiger partial charge in [-0.2, -0.15) is 0 Å². The molecule has 8 aromatic rings. The summed E-state index contributed by atoms with van der Waals surface area (Å²) in [7, 11) is -2.38. The molecule has 0 amide bonds. The summed E-state index contributed by atoms with van der Waals surface area (Å²) in [5, 5.41) is 2.99. The summed E-state index contributed by atoms with van der Waals surface area (Å²) in [5.74, 6) is 0. The maximum atomic E-state index is 12.8. The number of hydrogen-bond donors (Lipinski definition) is 0. The maximum absolute atomic E-state index is 12.8. The molecule has 2 aromatic heterocycles. The molecule has 0 saturated carbocycles. The van der Waals surface area contributed by atoms with E-state index in [1.807, 2.05) is 92.2 Å². The second-order valence-corrected chi connectivity index (χ2v) is 15.4. The Bertz CT molecular complexity index is 2440. The first-order valence-electron chi connectivity index (χ1n) is 15.6. The van der Waals surface area contributed by atoms with Crippen LogP contribution in [0.4, 0.5) is 0 Å². The molecule has 2 heterocycles. The zero-order chi connectivity index (χ0) is 32.0. The van der Waals surface area contributed by atoms with Crippen LogP contribution in [0.15, 0.2) is 156 Å². The first-order valence-corrected chi connectivity index (χ1v) is 18.2. The minimum Gasteiger partial charge on any atom is -0.456 e. The first kappa shape index (κ1) is 28.9. The Balaban J connectivity index is 1.34. The van der Waals surface area contributed by atoms with Crippen LogP contribution < -0.4 is 5.30 Å². The van der Waals surface area contributed by atoms with Gasteiger partial charge in [0.2, 0.25) is 0 Å². The minimum absolute atomic E-state index is 0.801. The molecule has 0 fully saturated rings. The molecule has 0 spiro atoms. The van der Waals surface area contributed by atoms with Crippen LogP contribution in [0.3, 0.4) is 0 Å². The topological polar surface area (TPSA) is 56.0 Å². The van der Waals surface area contributed by atoms with E-state index in [0.29, 0.717) is 0 Å². The number of benzene rings is 6. The molecular formula is C42H31N2O2P. The van der Waals surface area contributed by atoms with Gasteiger partial charge in [0.05, 0.1) is 22.8 Å². The quantitative estimate of drug-likeness (QED) is 0.172. The summed E-state index contributed by atoms with van der Waals surface area (Å²) in [5.41, 5.74) is 10.9. The van der Waals surface area contributed by atoms with E-state index in [-0.39, 0.29) is 0 Å². The van der Waals surface area contributed by atoms with Crippen molar-refractivity contribution in [2.45, 2.75) is 0 Å². The lowest BCUT2D eigenvalue weighted by molar-refractivity contribution is 0.588. The highest BCUT2D eigenvalue weighted by atomic mass is 31.2. The fourth-order valence-corrected chi connectivity index (χ4v) is 7.04. The standard InChI is InChI=1S/C42H31N2O2P/c1-47(2,45)34-17-11-16-32(26-34)28-20-22-31(23-21-28)41-39(29-12-5-3-6-13-29)43-40(30-14-7-4-8-15-30)42(44-41)33-24-25-38-36(27-33)35-18-9-10-19-37(35)46-38/h3-27H,1-2H3. The van der Waals surface area contributed by atoms with Gasteiger partial charge in [0.15, 0.2) is 0 Å². The molecule has 0 atom stereocenters. The van der Waals surface area contributed by atoms with Gasteiger partial charge in [-0.1, -0.05) is 121 Å². The number of furan rings is 1. The van der Waals surface area contributed by atoms with Gasteiger partial charge >= 0.3 is 0 Å².